The molecular weight excluding hydrogens is 297 g/mol. The van der Waals surface area contributed by atoms with Crippen molar-refractivity contribution in [2.45, 2.75) is 6.16 Å². The van der Waals surface area contributed by atoms with E-state index in [1.807, 2.05) is 0 Å². The third-order valence-electron chi connectivity index (χ3n) is 3.93. The Balaban J connectivity index is 1.94. The van der Waals surface area contributed by atoms with Crippen LogP contribution in [0.2, 0.25) is 0 Å². The lowest BCUT2D eigenvalue weighted by Gasteiger charge is -2.20. The van der Waals surface area contributed by atoms with E-state index in [2.05, 4.69) is 104 Å². The van der Waals surface area contributed by atoms with E-state index >= 15 is 0 Å². The molecule has 0 saturated carbocycles. The number of benzene rings is 3. The molecule has 0 aliphatic rings. The Morgan fingerprint density at radius 3 is 1.74 bits per heavy atom. The molecule has 0 heterocycles. The van der Waals surface area contributed by atoms with Crippen molar-refractivity contribution in [2.75, 3.05) is 19.0 Å². The zero-order valence-corrected chi connectivity index (χ0v) is 14.6. The number of hydrogen-bond acceptors (Lipinski definition) is 1. The van der Waals surface area contributed by atoms with Gasteiger partial charge in [-0.2, -0.15) is 0 Å². The van der Waals surface area contributed by atoms with Gasteiger partial charge in [0.05, 0.1) is 0 Å². The molecule has 3 rings (SSSR count). The van der Waals surface area contributed by atoms with E-state index in [4.69, 9.17) is 0 Å². The molecule has 0 spiro atoms. The van der Waals surface area contributed by atoms with Gasteiger partial charge in [-0.3, -0.25) is 0 Å². The average Bonchev–Trinajstić information content (AvgIpc) is 2.61. The Hall–Kier alpha value is -2.11. The monoisotopic (exact) mass is 319 g/mol. The van der Waals surface area contributed by atoms with Gasteiger partial charge in [0.1, 0.15) is 0 Å². The van der Waals surface area contributed by atoms with Gasteiger partial charge in [0.25, 0.3) is 0 Å². The molecule has 0 aliphatic heterocycles. The van der Waals surface area contributed by atoms with Crippen molar-refractivity contribution >= 4 is 24.2 Å². The predicted octanol–water partition coefficient (Wildman–Crippen LogP) is 4.39. The summed E-state index contributed by atoms with van der Waals surface area (Å²) in [6.45, 7) is 0. The van der Waals surface area contributed by atoms with Crippen LogP contribution < -0.4 is 15.5 Å². The maximum Gasteiger partial charge on any atom is 0.0361 e. The van der Waals surface area contributed by atoms with Crippen LogP contribution in [0, 0.1) is 0 Å². The van der Waals surface area contributed by atoms with Crippen molar-refractivity contribution in [2.24, 2.45) is 0 Å². The summed E-state index contributed by atoms with van der Waals surface area (Å²) in [5.41, 5.74) is 2.65. The standard InChI is InChI=1S/C21H22NP/c1-22(2)19-13-15-21(16-14-19)23(20-11-7-4-8-12-20)17-18-9-5-3-6-10-18/h3-16H,17H2,1-2H3. The van der Waals surface area contributed by atoms with E-state index in [1.165, 1.54) is 21.9 Å². The lowest BCUT2D eigenvalue weighted by Crippen LogP contribution is -2.14. The molecule has 1 atom stereocenters. The van der Waals surface area contributed by atoms with Crippen LogP contribution in [-0.4, -0.2) is 14.1 Å². The van der Waals surface area contributed by atoms with Gasteiger partial charge in [-0.15, -0.1) is 0 Å². The van der Waals surface area contributed by atoms with Gasteiger partial charge in [0.15, 0.2) is 0 Å². The largest absolute Gasteiger partial charge is 0.378 e. The minimum atomic E-state index is -0.377. The van der Waals surface area contributed by atoms with Crippen molar-refractivity contribution in [1.29, 1.82) is 0 Å². The Morgan fingerprint density at radius 1 is 0.652 bits per heavy atom. The molecule has 23 heavy (non-hydrogen) atoms. The maximum absolute atomic E-state index is 2.29. The predicted molar refractivity (Wildman–Crippen MR) is 104 cm³/mol. The van der Waals surface area contributed by atoms with Crippen LogP contribution >= 0.6 is 7.92 Å². The normalized spacial score (nSPS) is 11.9. The Morgan fingerprint density at radius 2 is 1.17 bits per heavy atom. The van der Waals surface area contributed by atoms with Crippen LogP contribution in [0.5, 0.6) is 0 Å². The highest BCUT2D eigenvalue weighted by molar-refractivity contribution is 7.72. The van der Waals surface area contributed by atoms with Crippen LogP contribution in [0.3, 0.4) is 0 Å². The molecular formula is C21H22NP. The fourth-order valence-corrected chi connectivity index (χ4v) is 4.92. The first kappa shape index (κ1) is 15.8. The van der Waals surface area contributed by atoms with Crippen molar-refractivity contribution in [3.8, 4) is 0 Å². The molecule has 116 valence electrons. The maximum atomic E-state index is 2.29. The van der Waals surface area contributed by atoms with Crippen molar-refractivity contribution in [3.63, 3.8) is 0 Å². The van der Waals surface area contributed by atoms with E-state index in [9.17, 15) is 0 Å². The molecule has 1 unspecified atom stereocenters. The first-order chi connectivity index (χ1) is 11.2. The fraction of sp³-hybridized carbons (Fsp3) is 0.143. The fourth-order valence-electron chi connectivity index (χ4n) is 2.64. The van der Waals surface area contributed by atoms with Gasteiger partial charge < -0.3 is 4.90 Å². The zero-order valence-electron chi connectivity index (χ0n) is 13.7. The third kappa shape index (κ3) is 4.00. The van der Waals surface area contributed by atoms with Crippen molar-refractivity contribution < 1.29 is 0 Å². The van der Waals surface area contributed by atoms with Crippen LogP contribution in [0.4, 0.5) is 5.69 Å². The molecule has 0 aliphatic carbocycles. The van der Waals surface area contributed by atoms with E-state index in [-0.39, 0.29) is 7.92 Å². The van der Waals surface area contributed by atoms with E-state index in [1.54, 1.807) is 0 Å². The second-order valence-corrected chi connectivity index (χ2v) is 8.02. The van der Waals surface area contributed by atoms with Crippen LogP contribution in [-0.2, 0) is 6.16 Å². The molecule has 0 aromatic heterocycles. The summed E-state index contributed by atoms with van der Waals surface area (Å²) >= 11 is 0. The highest BCUT2D eigenvalue weighted by Gasteiger charge is 2.14. The molecule has 3 aromatic rings. The smallest absolute Gasteiger partial charge is 0.0361 e. The summed E-state index contributed by atoms with van der Waals surface area (Å²) in [5, 5.41) is 2.87. The molecule has 0 fully saturated rings. The SMILES string of the molecule is CN(C)c1ccc(P(Cc2ccccc2)c2ccccc2)cc1. The van der Waals surface area contributed by atoms with E-state index in [0.29, 0.717) is 0 Å². The van der Waals surface area contributed by atoms with Crippen LogP contribution in [0.15, 0.2) is 84.9 Å². The Bertz CT molecular complexity index is 721. The van der Waals surface area contributed by atoms with Crippen molar-refractivity contribution in [1.82, 2.24) is 0 Å². The van der Waals surface area contributed by atoms with Gasteiger partial charge >= 0.3 is 0 Å². The highest BCUT2D eigenvalue weighted by atomic mass is 31.1. The third-order valence-corrected chi connectivity index (χ3v) is 6.45. The van der Waals surface area contributed by atoms with Gasteiger partial charge in [-0.05, 0) is 36.2 Å². The molecule has 0 bridgehead atoms. The Kier molecular flexibility index (Phi) is 5.10. The lowest BCUT2D eigenvalue weighted by molar-refractivity contribution is 1.13. The summed E-state index contributed by atoms with van der Waals surface area (Å²) in [4.78, 5) is 2.14. The quantitative estimate of drug-likeness (QED) is 0.631. The number of hydrogen-bond donors (Lipinski definition) is 0. The number of nitrogens with zero attached hydrogens (tertiary/aromatic N) is 1. The average molecular weight is 319 g/mol. The van der Waals surface area contributed by atoms with Gasteiger partial charge in [0, 0.05) is 25.9 Å². The van der Waals surface area contributed by atoms with Gasteiger partial charge in [0.2, 0.25) is 0 Å². The summed E-state index contributed by atoms with van der Waals surface area (Å²) < 4.78 is 0. The number of rotatable bonds is 5. The molecule has 3 aromatic carbocycles. The molecule has 0 saturated heterocycles. The topological polar surface area (TPSA) is 3.24 Å². The van der Waals surface area contributed by atoms with Gasteiger partial charge in [-0.25, -0.2) is 0 Å². The summed E-state index contributed by atoms with van der Waals surface area (Å²) in [5.74, 6) is 0. The summed E-state index contributed by atoms with van der Waals surface area (Å²) in [6.07, 6.45) is 1.08. The minimum Gasteiger partial charge on any atom is -0.378 e. The van der Waals surface area contributed by atoms with E-state index in [0.717, 1.165) is 6.16 Å². The minimum absolute atomic E-state index is 0.377. The highest BCUT2D eigenvalue weighted by Crippen LogP contribution is 2.38. The summed E-state index contributed by atoms with van der Waals surface area (Å²) in [6, 6.07) is 30.7. The number of anilines is 1. The second kappa shape index (κ2) is 7.44. The molecule has 1 nitrogen and oxygen atoms in total. The first-order valence-electron chi connectivity index (χ1n) is 7.88. The van der Waals surface area contributed by atoms with Gasteiger partial charge in [-0.1, -0.05) is 72.8 Å². The van der Waals surface area contributed by atoms with Crippen LogP contribution in [0.25, 0.3) is 0 Å². The second-order valence-electron chi connectivity index (χ2n) is 5.82. The molecule has 0 amide bonds. The lowest BCUT2D eigenvalue weighted by atomic mass is 10.2. The molecule has 2 heteroatoms. The van der Waals surface area contributed by atoms with Crippen LogP contribution in [0.1, 0.15) is 5.56 Å². The molecule has 0 radical (unpaired) electrons. The first-order valence-corrected chi connectivity index (χ1v) is 9.40. The van der Waals surface area contributed by atoms with Crippen molar-refractivity contribution in [3.05, 3.63) is 90.5 Å². The summed E-state index contributed by atoms with van der Waals surface area (Å²) in [7, 11) is 3.79. The Labute approximate surface area is 140 Å². The zero-order chi connectivity index (χ0) is 16.1. The molecule has 0 N–H and O–H groups in total. The van der Waals surface area contributed by atoms with E-state index < -0.39 is 0 Å².